The van der Waals surface area contributed by atoms with Crippen LogP contribution in [0.1, 0.15) is 26.5 Å². The van der Waals surface area contributed by atoms with Crippen LogP contribution in [0.3, 0.4) is 0 Å². The largest absolute Gasteiger partial charge is 0.478 e. The molecule has 2 rings (SSSR count). The van der Waals surface area contributed by atoms with Crippen molar-refractivity contribution in [1.82, 2.24) is 14.6 Å². The highest BCUT2D eigenvalue weighted by molar-refractivity contribution is 7.84. The van der Waals surface area contributed by atoms with Gasteiger partial charge in [0.25, 0.3) is 11.8 Å². The summed E-state index contributed by atoms with van der Waals surface area (Å²) in [4.78, 5) is 44.4. The number of oxime groups is 1. The molecule has 1 aliphatic rings. The van der Waals surface area contributed by atoms with Gasteiger partial charge in [-0.3, -0.25) is 14.1 Å². The fourth-order valence-electron chi connectivity index (χ4n) is 2.11. The minimum atomic E-state index is -4.76. The van der Waals surface area contributed by atoms with Crippen LogP contribution in [0.15, 0.2) is 10.5 Å². The van der Waals surface area contributed by atoms with E-state index in [0.717, 1.165) is 18.4 Å². The van der Waals surface area contributed by atoms with Crippen LogP contribution in [-0.4, -0.2) is 80.8 Å². The summed E-state index contributed by atoms with van der Waals surface area (Å²) in [5.74, 6) is -3.38. The Labute approximate surface area is 175 Å². The van der Waals surface area contributed by atoms with Crippen molar-refractivity contribution in [3.8, 4) is 0 Å². The fourth-order valence-corrected chi connectivity index (χ4v) is 3.54. The predicted molar refractivity (Wildman–Crippen MR) is 104 cm³/mol. The third kappa shape index (κ3) is 5.41. The first-order valence-corrected chi connectivity index (χ1v) is 10.3. The number of carboxylic acids is 1. The molecule has 0 spiro atoms. The number of aliphatic carboxylic acids is 1. The number of nitrogen functional groups attached to an aromatic ring is 1. The Hall–Kier alpha value is -2.82. The van der Waals surface area contributed by atoms with Gasteiger partial charge >= 0.3 is 16.3 Å². The number of nitrogens with zero attached hydrogens (tertiary/aromatic N) is 3. The van der Waals surface area contributed by atoms with E-state index in [1.54, 1.807) is 0 Å². The summed E-state index contributed by atoms with van der Waals surface area (Å²) in [6.45, 7) is 3.69. The number of nitrogens with one attached hydrogen (secondary N) is 1. The van der Waals surface area contributed by atoms with E-state index in [1.165, 1.54) is 26.2 Å². The van der Waals surface area contributed by atoms with Gasteiger partial charge in [-0.25, -0.2) is 14.1 Å². The Morgan fingerprint density at radius 3 is 2.37 bits per heavy atom. The highest BCUT2D eigenvalue weighted by Gasteiger charge is 2.51. The van der Waals surface area contributed by atoms with Crippen molar-refractivity contribution < 1.29 is 42.4 Å². The molecule has 0 aliphatic carbocycles. The lowest BCUT2D eigenvalue weighted by molar-refractivity contribution is -0.161. The minimum absolute atomic E-state index is 0.0350. The normalized spacial score (nSPS) is 19.3. The molecule has 14 nitrogen and oxygen atoms in total. The quantitative estimate of drug-likeness (QED) is 0.133. The highest BCUT2D eigenvalue weighted by atomic mass is 32.2. The van der Waals surface area contributed by atoms with Crippen molar-refractivity contribution in [3.05, 3.63) is 11.1 Å². The average molecular weight is 467 g/mol. The zero-order valence-corrected chi connectivity index (χ0v) is 17.9. The van der Waals surface area contributed by atoms with E-state index in [-0.39, 0.29) is 15.1 Å². The van der Waals surface area contributed by atoms with Crippen LogP contribution < -0.4 is 11.1 Å². The molecule has 168 valence electrons. The summed E-state index contributed by atoms with van der Waals surface area (Å²) in [6.07, 6.45) is 0. The van der Waals surface area contributed by atoms with E-state index in [1.807, 2.05) is 0 Å². The molecular formula is C14H21N5O9S2. The fraction of sp³-hybridized carbons (Fsp3) is 0.500. The molecule has 0 saturated carbocycles. The molecular weight excluding hydrogens is 446 g/mol. The predicted octanol–water partition coefficient (Wildman–Crippen LogP) is -1.56. The number of amides is 2. The van der Waals surface area contributed by atoms with Crippen LogP contribution in [0.4, 0.5) is 5.13 Å². The van der Waals surface area contributed by atoms with Crippen molar-refractivity contribution in [2.75, 3.05) is 12.8 Å². The van der Waals surface area contributed by atoms with Gasteiger partial charge in [0.15, 0.2) is 10.8 Å². The minimum Gasteiger partial charge on any atom is -0.478 e. The standard InChI is InChI=1S/C13H17N5O8S2.CH4O/c1-5-7(10(20)18(5)28(23,24)25)16-9(19)8(6-4-27-12(14)15-6)17-26-13(2,3)11(21)22;1-2/h4-5,7H,1-3H3,(H2,14,15)(H,16,19)(H,21,22)(H,23,24,25);2H,1H3/t5-,7-;/m0./s1. The maximum atomic E-state index is 12.6. The second-order valence-corrected chi connectivity index (χ2v) is 8.40. The SMILES string of the molecule is CO.C[C@H]1[C@H](NC(=O)C(=NOC(C)(C)C(=O)O)c2csc(N)n2)C(=O)N1S(=O)(=O)O. The Morgan fingerprint density at radius 1 is 1.40 bits per heavy atom. The maximum absolute atomic E-state index is 12.6. The van der Waals surface area contributed by atoms with E-state index in [9.17, 15) is 22.8 Å². The van der Waals surface area contributed by atoms with Crippen molar-refractivity contribution in [3.63, 3.8) is 0 Å². The number of carbonyl (C=O) groups excluding carboxylic acids is 2. The first-order valence-electron chi connectivity index (χ1n) is 8.03. The Kier molecular flexibility index (Phi) is 7.84. The van der Waals surface area contributed by atoms with Crippen LogP contribution in [0.25, 0.3) is 0 Å². The van der Waals surface area contributed by atoms with Crippen molar-refractivity contribution in [2.45, 2.75) is 38.5 Å². The van der Waals surface area contributed by atoms with Gasteiger partial charge in [-0.05, 0) is 20.8 Å². The molecule has 2 atom stereocenters. The average Bonchev–Trinajstić information content (AvgIpc) is 3.06. The van der Waals surface area contributed by atoms with Gasteiger partial charge in [-0.2, -0.15) is 8.42 Å². The van der Waals surface area contributed by atoms with Crippen molar-refractivity contribution in [1.29, 1.82) is 0 Å². The zero-order chi connectivity index (χ0) is 23.4. The number of anilines is 1. The molecule has 1 saturated heterocycles. The smallest absolute Gasteiger partial charge is 0.362 e. The topological polar surface area (TPSA) is 222 Å². The van der Waals surface area contributed by atoms with E-state index >= 15 is 0 Å². The number of thiazole rings is 1. The number of rotatable bonds is 7. The van der Waals surface area contributed by atoms with Gasteiger partial charge in [0.2, 0.25) is 5.60 Å². The Balaban J connectivity index is 0.00000218. The first-order chi connectivity index (χ1) is 13.8. The molecule has 2 heterocycles. The van der Waals surface area contributed by atoms with Gasteiger partial charge in [-0.1, -0.05) is 5.16 Å². The molecule has 1 aliphatic heterocycles. The number of hydrogen-bond acceptors (Lipinski definition) is 11. The van der Waals surface area contributed by atoms with E-state index < -0.39 is 51.5 Å². The molecule has 0 radical (unpaired) electrons. The van der Waals surface area contributed by atoms with Crippen LogP contribution in [0.2, 0.25) is 0 Å². The number of aliphatic hydroxyl groups is 1. The molecule has 6 N–H and O–H groups in total. The van der Waals surface area contributed by atoms with Crippen LogP contribution >= 0.6 is 11.3 Å². The molecule has 16 heteroatoms. The number of aromatic nitrogens is 1. The third-order valence-electron chi connectivity index (χ3n) is 3.73. The summed E-state index contributed by atoms with van der Waals surface area (Å²) >= 11 is 0.980. The molecule has 0 bridgehead atoms. The van der Waals surface area contributed by atoms with E-state index in [2.05, 4.69) is 15.5 Å². The lowest BCUT2D eigenvalue weighted by atomic mass is 10.0. The van der Waals surface area contributed by atoms with E-state index in [4.69, 9.17) is 25.3 Å². The van der Waals surface area contributed by atoms with Crippen LogP contribution in [0, 0.1) is 0 Å². The summed E-state index contributed by atoms with van der Waals surface area (Å²) in [6, 6.07) is -2.31. The molecule has 0 aromatic carbocycles. The number of hydrogen-bond donors (Lipinski definition) is 5. The van der Waals surface area contributed by atoms with Crippen LogP contribution in [-0.2, 0) is 29.5 Å². The number of nitrogens with two attached hydrogens (primary N) is 1. The van der Waals surface area contributed by atoms with Crippen molar-refractivity contribution in [2.24, 2.45) is 5.16 Å². The molecule has 1 aromatic rings. The van der Waals surface area contributed by atoms with Gasteiger partial charge in [0.1, 0.15) is 11.7 Å². The summed E-state index contributed by atoms with van der Waals surface area (Å²) in [5, 5.41) is 23.3. The van der Waals surface area contributed by atoms with Gasteiger partial charge in [0, 0.05) is 12.5 Å². The molecule has 2 amide bonds. The molecule has 1 aromatic heterocycles. The van der Waals surface area contributed by atoms with Crippen molar-refractivity contribution >= 4 is 50.3 Å². The van der Waals surface area contributed by atoms with E-state index in [0.29, 0.717) is 0 Å². The first kappa shape index (κ1) is 25.2. The Morgan fingerprint density at radius 2 is 1.97 bits per heavy atom. The number of carbonyl (C=O) groups is 3. The molecule has 1 fully saturated rings. The van der Waals surface area contributed by atoms with Gasteiger partial charge < -0.3 is 26.1 Å². The Bertz CT molecular complexity index is 957. The second kappa shape index (κ2) is 9.33. The van der Waals surface area contributed by atoms with Gasteiger partial charge in [0.05, 0.1) is 6.04 Å². The number of β-lactam (4-membered cyclic amide) rings is 1. The number of carboxylic acid groups (broad SMARTS) is 1. The second-order valence-electron chi connectivity index (χ2n) is 6.22. The number of aliphatic hydroxyl groups excluding tert-OH is 1. The maximum Gasteiger partial charge on any atom is 0.362 e. The zero-order valence-electron chi connectivity index (χ0n) is 16.3. The molecule has 30 heavy (non-hydrogen) atoms. The molecule has 0 unspecified atom stereocenters. The lowest BCUT2D eigenvalue weighted by Gasteiger charge is -2.42. The monoisotopic (exact) mass is 467 g/mol. The summed E-state index contributed by atoms with van der Waals surface area (Å²) < 4.78 is 31.4. The van der Waals surface area contributed by atoms with Gasteiger partial charge in [-0.15, -0.1) is 11.3 Å². The lowest BCUT2D eigenvalue weighted by Crippen LogP contribution is -2.71. The highest BCUT2D eigenvalue weighted by Crippen LogP contribution is 2.23. The third-order valence-corrected chi connectivity index (χ3v) is 5.41. The summed E-state index contributed by atoms with van der Waals surface area (Å²) in [5.41, 5.74) is 3.26. The van der Waals surface area contributed by atoms with Crippen LogP contribution in [0.5, 0.6) is 0 Å². The summed E-state index contributed by atoms with van der Waals surface area (Å²) in [7, 11) is -3.76.